The molecule has 68 valence electrons. The summed E-state index contributed by atoms with van der Waals surface area (Å²) in [6.45, 7) is 1.63. The summed E-state index contributed by atoms with van der Waals surface area (Å²) in [7, 11) is 0. The molecule has 0 amide bonds. The summed E-state index contributed by atoms with van der Waals surface area (Å²) < 4.78 is 0. The van der Waals surface area contributed by atoms with Crippen LogP contribution in [0, 0.1) is 0 Å². The van der Waals surface area contributed by atoms with E-state index in [0.717, 1.165) is 6.29 Å². The van der Waals surface area contributed by atoms with Gasteiger partial charge in [-0.15, -0.1) is 0 Å². The molecule has 0 spiro atoms. The van der Waals surface area contributed by atoms with E-state index in [0.29, 0.717) is 17.1 Å². The van der Waals surface area contributed by atoms with Gasteiger partial charge in [0.2, 0.25) is 0 Å². The number of aliphatic imine (C=N–C) groups is 1. The summed E-state index contributed by atoms with van der Waals surface area (Å²) in [6, 6.07) is 6.72. The van der Waals surface area contributed by atoms with Crippen LogP contribution in [0.2, 0.25) is 0 Å². The minimum Gasteiger partial charge on any atom is -0.298 e. The van der Waals surface area contributed by atoms with Gasteiger partial charge in [-0.25, -0.2) is 4.99 Å². The Morgan fingerprint density at radius 2 is 2.08 bits per heavy atom. The Bertz CT molecular complexity index is 317. The molecule has 2 N–H and O–H groups in total. The highest BCUT2D eigenvalue weighted by molar-refractivity contribution is 5.82. The number of hydrogen-bond donors (Lipinski definition) is 2. The number of benzene rings is 1. The van der Waals surface area contributed by atoms with Crippen molar-refractivity contribution in [2.75, 3.05) is 0 Å². The maximum atomic E-state index is 10.3. The fourth-order valence-corrected chi connectivity index (χ4v) is 0.846. The number of nitrogens with one attached hydrogen (secondary N) is 1. The molecule has 1 aromatic rings. The lowest BCUT2D eigenvalue weighted by atomic mass is 10.2. The number of carbonyl (C=O) groups is 1. The summed E-state index contributed by atoms with van der Waals surface area (Å²) in [5, 5.41) is 8.46. The van der Waals surface area contributed by atoms with Gasteiger partial charge >= 0.3 is 0 Å². The van der Waals surface area contributed by atoms with Crippen molar-refractivity contribution >= 4 is 17.8 Å². The van der Waals surface area contributed by atoms with Crippen LogP contribution < -0.4 is 5.48 Å². The van der Waals surface area contributed by atoms with Crippen molar-refractivity contribution in [2.24, 2.45) is 4.99 Å². The molecule has 0 aromatic heterocycles. The molecule has 0 saturated carbocycles. The second-order valence-electron chi connectivity index (χ2n) is 2.52. The number of amidine groups is 1. The van der Waals surface area contributed by atoms with Gasteiger partial charge in [-0.3, -0.25) is 15.5 Å². The number of nitrogens with zero attached hydrogens (tertiary/aromatic N) is 1. The summed E-state index contributed by atoms with van der Waals surface area (Å²) in [5.74, 6) is 0.402. The van der Waals surface area contributed by atoms with Gasteiger partial charge in [-0.1, -0.05) is 0 Å². The van der Waals surface area contributed by atoms with Crippen LogP contribution in [0.1, 0.15) is 17.3 Å². The Morgan fingerprint density at radius 3 is 2.54 bits per heavy atom. The van der Waals surface area contributed by atoms with Crippen LogP contribution in [0.15, 0.2) is 29.3 Å². The molecule has 0 radical (unpaired) electrons. The van der Waals surface area contributed by atoms with Gasteiger partial charge in [0.15, 0.2) is 0 Å². The first-order chi connectivity index (χ1) is 6.26. The van der Waals surface area contributed by atoms with Gasteiger partial charge in [-0.2, -0.15) is 0 Å². The zero-order chi connectivity index (χ0) is 9.68. The van der Waals surface area contributed by atoms with E-state index < -0.39 is 0 Å². The van der Waals surface area contributed by atoms with E-state index in [9.17, 15) is 4.79 Å². The Balaban J connectivity index is 2.86. The molecule has 0 aliphatic heterocycles. The first-order valence-corrected chi connectivity index (χ1v) is 3.77. The molecular formula is C9H10N2O2. The van der Waals surface area contributed by atoms with Crippen molar-refractivity contribution in [1.29, 1.82) is 0 Å². The van der Waals surface area contributed by atoms with E-state index in [2.05, 4.69) is 4.99 Å². The average molecular weight is 178 g/mol. The van der Waals surface area contributed by atoms with Crippen LogP contribution >= 0.6 is 0 Å². The van der Waals surface area contributed by atoms with Crippen molar-refractivity contribution in [3.63, 3.8) is 0 Å². The molecule has 0 saturated heterocycles. The van der Waals surface area contributed by atoms with Crippen LogP contribution in [-0.2, 0) is 0 Å². The van der Waals surface area contributed by atoms with Gasteiger partial charge in [0.05, 0.1) is 5.69 Å². The lowest BCUT2D eigenvalue weighted by Gasteiger charge is -1.97. The van der Waals surface area contributed by atoms with Crippen molar-refractivity contribution in [1.82, 2.24) is 5.48 Å². The fourth-order valence-electron chi connectivity index (χ4n) is 0.846. The molecular weight excluding hydrogens is 168 g/mol. The summed E-state index contributed by atoms with van der Waals surface area (Å²) in [6.07, 6.45) is 0.768. The van der Waals surface area contributed by atoms with E-state index in [1.54, 1.807) is 31.2 Å². The molecule has 0 bridgehead atoms. The van der Waals surface area contributed by atoms with Crippen molar-refractivity contribution in [3.05, 3.63) is 29.8 Å². The van der Waals surface area contributed by atoms with Crippen molar-refractivity contribution < 1.29 is 10.0 Å². The van der Waals surface area contributed by atoms with E-state index >= 15 is 0 Å². The largest absolute Gasteiger partial charge is 0.298 e. The van der Waals surface area contributed by atoms with Crippen LogP contribution in [0.25, 0.3) is 0 Å². The van der Waals surface area contributed by atoms with Crippen LogP contribution in [0.3, 0.4) is 0 Å². The highest BCUT2D eigenvalue weighted by atomic mass is 16.5. The minimum absolute atomic E-state index is 0.402. The average Bonchev–Trinajstić information content (AvgIpc) is 2.19. The third-order valence-corrected chi connectivity index (χ3v) is 1.49. The number of carbonyl (C=O) groups excluding carboxylic acids is 1. The van der Waals surface area contributed by atoms with Gasteiger partial charge in [0.25, 0.3) is 0 Å². The quantitative estimate of drug-likeness (QED) is 0.312. The number of hydrogen-bond acceptors (Lipinski definition) is 3. The van der Waals surface area contributed by atoms with Crippen molar-refractivity contribution in [2.45, 2.75) is 6.92 Å². The molecule has 0 aliphatic rings. The number of hydroxylamine groups is 1. The molecule has 4 heteroatoms. The van der Waals surface area contributed by atoms with E-state index in [-0.39, 0.29) is 0 Å². The highest BCUT2D eigenvalue weighted by Gasteiger charge is 1.91. The third-order valence-electron chi connectivity index (χ3n) is 1.49. The predicted octanol–water partition coefficient (Wildman–Crippen LogP) is 1.53. The highest BCUT2D eigenvalue weighted by Crippen LogP contribution is 2.11. The molecule has 0 atom stereocenters. The number of rotatable bonds is 2. The predicted molar refractivity (Wildman–Crippen MR) is 49.5 cm³/mol. The lowest BCUT2D eigenvalue weighted by Crippen LogP contribution is -2.13. The standard InChI is InChI=1S/C9H10N2O2/c1-7(11-13)10-9-4-2-8(6-12)3-5-9/h2-6,13H,1H3,(H,10,11). The summed E-state index contributed by atoms with van der Waals surface area (Å²) in [4.78, 5) is 14.3. The topological polar surface area (TPSA) is 61.7 Å². The van der Waals surface area contributed by atoms with Crippen LogP contribution in [0.5, 0.6) is 0 Å². The van der Waals surface area contributed by atoms with Crippen LogP contribution in [-0.4, -0.2) is 17.3 Å². The molecule has 4 nitrogen and oxygen atoms in total. The van der Waals surface area contributed by atoms with Gasteiger partial charge in [-0.05, 0) is 31.2 Å². The molecule has 13 heavy (non-hydrogen) atoms. The summed E-state index contributed by atoms with van der Waals surface area (Å²) in [5.41, 5.74) is 3.21. The Hall–Kier alpha value is -1.68. The maximum absolute atomic E-state index is 10.3. The monoisotopic (exact) mass is 178 g/mol. The maximum Gasteiger partial charge on any atom is 0.150 e. The normalized spacial score (nSPS) is 11.1. The molecule has 1 aromatic carbocycles. The van der Waals surface area contributed by atoms with Crippen molar-refractivity contribution in [3.8, 4) is 0 Å². The fraction of sp³-hybridized carbons (Fsp3) is 0.111. The SMILES string of the molecule is CC(=Nc1ccc(C=O)cc1)NO. The molecule has 1 rings (SSSR count). The zero-order valence-electron chi connectivity index (χ0n) is 7.19. The molecule has 0 aliphatic carbocycles. The second kappa shape index (κ2) is 4.37. The first kappa shape index (κ1) is 9.41. The molecule has 0 fully saturated rings. The third kappa shape index (κ3) is 2.68. The second-order valence-corrected chi connectivity index (χ2v) is 2.52. The Kier molecular flexibility index (Phi) is 3.16. The smallest absolute Gasteiger partial charge is 0.150 e. The molecule has 0 heterocycles. The Morgan fingerprint density at radius 1 is 1.46 bits per heavy atom. The molecule has 0 unspecified atom stereocenters. The zero-order valence-corrected chi connectivity index (χ0v) is 7.19. The summed E-state index contributed by atoms with van der Waals surface area (Å²) >= 11 is 0. The van der Waals surface area contributed by atoms with E-state index in [1.165, 1.54) is 0 Å². The van der Waals surface area contributed by atoms with Crippen LogP contribution in [0.4, 0.5) is 5.69 Å². The number of aldehydes is 1. The first-order valence-electron chi connectivity index (χ1n) is 3.77. The minimum atomic E-state index is 0.402. The van der Waals surface area contributed by atoms with Gasteiger partial charge < -0.3 is 0 Å². The van der Waals surface area contributed by atoms with E-state index in [4.69, 9.17) is 5.21 Å². The lowest BCUT2D eigenvalue weighted by molar-refractivity contribution is 0.112. The van der Waals surface area contributed by atoms with Gasteiger partial charge in [0, 0.05) is 5.56 Å². The van der Waals surface area contributed by atoms with E-state index in [1.807, 2.05) is 5.48 Å². The Labute approximate surface area is 75.9 Å². The van der Waals surface area contributed by atoms with Gasteiger partial charge in [0.1, 0.15) is 12.1 Å².